The minimum Gasteiger partial charge on any atom is -0.494 e. The van der Waals surface area contributed by atoms with Gasteiger partial charge in [0, 0.05) is 10.7 Å². The average Bonchev–Trinajstić information content (AvgIpc) is 2.62. The van der Waals surface area contributed by atoms with Gasteiger partial charge in [0.25, 0.3) is 0 Å². The summed E-state index contributed by atoms with van der Waals surface area (Å²) < 4.78 is 31.4. The lowest BCUT2D eigenvalue weighted by Crippen LogP contribution is -2.47. The van der Waals surface area contributed by atoms with Crippen molar-refractivity contribution in [2.75, 3.05) is 22.5 Å². The predicted octanol–water partition coefficient (Wildman–Crippen LogP) is 4.58. The van der Waals surface area contributed by atoms with Gasteiger partial charge in [-0.05, 0) is 55.8 Å². The molecule has 0 aliphatic heterocycles. The molecule has 2 aromatic rings. The molecule has 0 spiro atoms. The topological polar surface area (TPSA) is 75.7 Å². The summed E-state index contributed by atoms with van der Waals surface area (Å²) in [6.45, 7) is 4.13. The minimum atomic E-state index is -3.81. The zero-order chi connectivity index (χ0) is 20.9. The Labute approximate surface area is 175 Å². The van der Waals surface area contributed by atoms with E-state index in [9.17, 15) is 13.2 Å². The van der Waals surface area contributed by atoms with Crippen molar-refractivity contribution in [2.24, 2.45) is 0 Å². The number of hydrogen-bond acceptors (Lipinski definition) is 4. The maximum Gasteiger partial charge on any atom is 0.248 e. The number of carbonyl (C=O) groups excluding carboxylic acids is 1. The number of sulfonamides is 1. The van der Waals surface area contributed by atoms with Crippen LogP contribution in [-0.2, 0) is 14.8 Å². The Hall–Kier alpha value is -1.96. The third-order valence-electron chi connectivity index (χ3n) is 3.91. The Bertz CT molecular complexity index is 933. The predicted molar refractivity (Wildman–Crippen MR) is 114 cm³/mol. The van der Waals surface area contributed by atoms with Gasteiger partial charge in [-0.25, -0.2) is 8.42 Å². The van der Waals surface area contributed by atoms with Crippen molar-refractivity contribution in [3.63, 3.8) is 0 Å². The molecule has 0 aliphatic rings. The number of benzene rings is 2. The van der Waals surface area contributed by atoms with Crippen LogP contribution in [-0.4, -0.2) is 33.2 Å². The van der Waals surface area contributed by atoms with Crippen LogP contribution in [0.25, 0.3) is 0 Å². The van der Waals surface area contributed by atoms with Gasteiger partial charge in [-0.1, -0.05) is 30.1 Å². The van der Waals surface area contributed by atoms with Gasteiger partial charge in [-0.15, -0.1) is 0 Å². The molecule has 28 heavy (non-hydrogen) atoms. The van der Waals surface area contributed by atoms with E-state index in [0.29, 0.717) is 23.1 Å². The van der Waals surface area contributed by atoms with Crippen LogP contribution in [0.2, 0.25) is 10.0 Å². The van der Waals surface area contributed by atoms with Crippen molar-refractivity contribution in [3.8, 4) is 5.75 Å². The fraction of sp³-hybridized carbons (Fsp3) is 0.316. The highest BCUT2D eigenvalue weighted by Gasteiger charge is 2.33. The lowest BCUT2D eigenvalue weighted by molar-refractivity contribution is -0.117. The molecule has 2 rings (SSSR count). The molecule has 0 saturated heterocycles. The molecule has 0 bridgehead atoms. The van der Waals surface area contributed by atoms with E-state index < -0.39 is 22.0 Å². The first kappa shape index (κ1) is 22.3. The summed E-state index contributed by atoms with van der Waals surface area (Å²) in [7, 11) is -3.81. The smallest absolute Gasteiger partial charge is 0.248 e. The minimum absolute atomic E-state index is 0.158. The number of rotatable bonds is 8. The van der Waals surface area contributed by atoms with Gasteiger partial charge >= 0.3 is 0 Å². The molecule has 1 amide bonds. The second kappa shape index (κ2) is 9.49. The van der Waals surface area contributed by atoms with Gasteiger partial charge in [0.2, 0.25) is 15.9 Å². The molecular formula is C19H22Cl2N2O4S. The maximum atomic E-state index is 12.9. The first-order valence-electron chi connectivity index (χ1n) is 8.65. The zero-order valence-corrected chi connectivity index (χ0v) is 18.1. The summed E-state index contributed by atoms with van der Waals surface area (Å²) >= 11 is 12.2. The van der Waals surface area contributed by atoms with E-state index in [1.54, 1.807) is 37.3 Å². The number of nitrogens with one attached hydrogen (secondary N) is 1. The normalized spacial score (nSPS) is 12.3. The van der Waals surface area contributed by atoms with Crippen LogP contribution in [0.5, 0.6) is 5.75 Å². The highest BCUT2D eigenvalue weighted by Crippen LogP contribution is 2.33. The number of hydrogen-bond donors (Lipinski definition) is 1. The number of nitrogens with zero attached hydrogens (tertiary/aromatic N) is 1. The summed E-state index contributed by atoms with van der Waals surface area (Å²) in [4.78, 5) is 12.9. The third-order valence-corrected chi connectivity index (χ3v) is 5.63. The Morgan fingerprint density at radius 2 is 1.79 bits per heavy atom. The van der Waals surface area contributed by atoms with Crippen molar-refractivity contribution in [3.05, 3.63) is 52.5 Å². The first-order chi connectivity index (χ1) is 13.2. The standard InChI is InChI=1S/C19H22Cl2N2O4S/c1-4-17(19(24)22-14-7-9-15(10-8-14)27-5-2)23(28(3,25)26)18-12-13(20)6-11-16(18)21/h6-12,17H,4-5H2,1-3H3,(H,22,24)/t17-/m1/s1. The largest absolute Gasteiger partial charge is 0.494 e. The molecule has 152 valence electrons. The molecule has 0 heterocycles. The molecule has 0 aromatic heterocycles. The maximum absolute atomic E-state index is 12.9. The second-order valence-corrected chi connectivity index (χ2v) is 8.73. The van der Waals surface area contributed by atoms with Gasteiger partial charge in [0.15, 0.2) is 0 Å². The molecule has 0 aliphatic carbocycles. The van der Waals surface area contributed by atoms with E-state index in [4.69, 9.17) is 27.9 Å². The van der Waals surface area contributed by atoms with Crippen molar-refractivity contribution in [1.29, 1.82) is 0 Å². The van der Waals surface area contributed by atoms with Gasteiger partial charge in [-0.3, -0.25) is 9.10 Å². The van der Waals surface area contributed by atoms with E-state index in [-0.39, 0.29) is 17.1 Å². The van der Waals surface area contributed by atoms with Crippen LogP contribution in [0.4, 0.5) is 11.4 Å². The zero-order valence-electron chi connectivity index (χ0n) is 15.8. The quantitative estimate of drug-likeness (QED) is 0.646. The molecule has 9 heteroatoms. The monoisotopic (exact) mass is 444 g/mol. The summed E-state index contributed by atoms with van der Waals surface area (Å²) in [6.07, 6.45) is 1.26. The van der Waals surface area contributed by atoms with Crippen LogP contribution >= 0.6 is 23.2 Å². The molecule has 0 saturated carbocycles. The lowest BCUT2D eigenvalue weighted by atomic mass is 10.1. The molecule has 2 aromatic carbocycles. The number of carbonyl (C=O) groups is 1. The fourth-order valence-electron chi connectivity index (χ4n) is 2.72. The Morgan fingerprint density at radius 1 is 1.14 bits per heavy atom. The summed E-state index contributed by atoms with van der Waals surface area (Å²) in [5.74, 6) is 0.198. The first-order valence-corrected chi connectivity index (χ1v) is 11.3. The number of anilines is 2. The molecule has 1 N–H and O–H groups in total. The van der Waals surface area contributed by atoms with E-state index >= 15 is 0 Å². The van der Waals surface area contributed by atoms with E-state index in [1.807, 2.05) is 6.92 Å². The van der Waals surface area contributed by atoms with E-state index in [0.717, 1.165) is 10.6 Å². The summed E-state index contributed by atoms with van der Waals surface area (Å²) in [6, 6.07) is 10.3. The highest BCUT2D eigenvalue weighted by molar-refractivity contribution is 7.92. The van der Waals surface area contributed by atoms with Crippen LogP contribution in [0.3, 0.4) is 0 Å². The fourth-order valence-corrected chi connectivity index (χ4v) is 4.36. The lowest BCUT2D eigenvalue weighted by Gasteiger charge is -2.30. The number of amides is 1. The Balaban J connectivity index is 2.35. The molecule has 0 unspecified atom stereocenters. The van der Waals surface area contributed by atoms with Crippen LogP contribution in [0.15, 0.2) is 42.5 Å². The average molecular weight is 445 g/mol. The van der Waals surface area contributed by atoms with Crippen LogP contribution < -0.4 is 14.4 Å². The summed E-state index contributed by atoms with van der Waals surface area (Å²) in [5.41, 5.74) is 0.683. The number of ether oxygens (including phenoxy) is 1. The van der Waals surface area contributed by atoms with Crippen molar-refractivity contribution in [1.82, 2.24) is 0 Å². The molecule has 0 radical (unpaired) electrons. The van der Waals surface area contributed by atoms with Crippen molar-refractivity contribution < 1.29 is 17.9 Å². The summed E-state index contributed by atoms with van der Waals surface area (Å²) in [5, 5.41) is 3.24. The molecule has 1 atom stereocenters. The van der Waals surface area contributed by atoms with Crippen LogP contribution in [0, 0.1) is 0 Å². The number of halogens is 2. The van der Waals surface area contributed by atoms with Gasteiger partial charge < -0.3 is 10.1 Å². The van der Waals surface area contributed by atoms with Crippen molar-refractivity contribution >= 4 is 50.5 Å². The Kier molecular flexibility index (Phi) is 7.57. The van der Waals surface area contributed by atoms with Gasteiger partial charge in [-0.2, -0.15) is 0 Å². The van der Waals surface area contributed by atoms with Gasteiger partial charge in [0.05, 0.1) is 23.6 Å². The SMILES string of the molecule is CCOc1ccc(NC(=O)[C@@H](CC)N(c2cc(Cl)ccc2Cl)S(C)(=O)=O)cc1. The Morgan fingerprint density at radius 3 is 2.32 bits per heavy atom. The van der Waals surface area contributed by atoms with E-state index in [1.165, 1.54) is 12.1 Å². The third kappa shape index (κ3) is 5.53. The molecule has 0 fully saturated rings. The van der Waals surface area contributed by atoms with E-state index in [2.05, 4.69) is 5.32 Å². The molecular weight excluding hydrogens is 423 g/mol. The van der Waals surface area contributed by atoms with Gasteiger partial charge in [0.1, 0.15) is 11.8 Å². The molecule has 6 nitrogen and oxygen atoms in total. The second-order valence-electron chi connectivity index (χ2n) is 6.03. The van der Waals surface area contributed by atoms with Crippen molar-refractivity contribution in [2.45, 2.75) is 26.3 Å². The van der Waals surface area contributed by atoms with Crippen LogP contribution in [0.1, 0.15) is 20.3 Å². The highest BCUT2D eigenvalue weighted by atomic mass is 35.5.